The van der Waals surface area contributed by atoms with Crippen molar-refractivity contribution < 1.29 is 14.3 Å². The van der Waals surface area contributed by atoms with Gasteiger partial charge in [-0.2, -0.15) is 0 Å². The lowest BCUT2D eigenvalue weighted by atomic mass is 9.83. The summed E-state index contributed by atoms with van der Waals surface area (Å²) < 4.78 is 4.70. The molecule has 0 bridgehead atoms. The van der Waals surface area contributed by atoms with Crippen molar-refractivity contribution in [1.82, 2.24) is 5.32 Å². The number of rotatable bonds is 10. The lowest BCUT2D eigenvalue weighted by molar-refractivity contribution is -0.141. The van der Waals surface area contributed by atoms with Gasteiger partial charge in [-0.1, -0.05) is 18.6 Å². The van der Waals surface area contributed by atoms with Crippen LogP contribution < -0.4 is 11.1 Å². The summed E-state index contributed by atoms with van der Waals surface area (Å²) in [6.45, 7) is 0.756. The number of nitrogens with one attached hydrogen (secondary N) is 1. The Balaban J connectivity index is 0.00000392. The van der Waals surface area contributed by atoms with Gasteiger partial charge in [-0.05, 0) is 81.5 Å². The molecular formula is C22H35ClN2O3. The molecule has 3 N–H and O–H groups in total. The molecule has 0 unspecified atom stereocenters. The van der Waals surface area contributed by atoms with Gasteiger partial charge in [0.1, 0.15) is 0 Å². The molecule has 1 aliphatic carbocycles. The number of hydrogen-bond acceptors (Lipinski definition) is 4. The van der Waals surface area contributed by atoms with Crippen molar-refractivity contribution in [2.45, 2.75) is 70.3 Å². The quantitative estimate of drug-likeness (QED) is 0.450. The minimum Gasteiger partial charge on any atom is -0.469 e. The summed E-state index contributed by atoms with van der Waals surface area (Å²) in [5, 5.41) is 3.17. The first-order valence-corrected chi connectivity index (χ1v) is 10.3. The first kappa shape index (κ1) is 24.4. The molecule has 0 saturated heterocycles. The van der Waals surface area contributed by atoms with Crippen LogP contribution in [-0.4, -0.2) is 31.6 Å². The first-order valence-electron chi connectivity index (χ1n) is 10.3. The highest BCUT2D eigenvalue weighted by atomic mass is 35.5. The van der Waals surface area contributed by atoms with Gasteiger partial charge < -0.3 is 15.8 Å². The van der Waals surface area contributed by atoms with Crippen molar-refractivity contribution in [3.63, 3.8) is 0 Å². The summed E-state index contributed by atoms with van der Waals surface area (Å²) in [5.41, 5.74) is 7.52. The molecule has 1 aromatic carbocycles. The normalized spacial score (nSPS) is 18.8. The largest absolute Gasteiger partial charge is 0.469 e. The number of esters is 1. The first-order chi connectivity index (χ1) is 13.1. The maximum absolute atomic E-state index is 12.5. The van der Waals surface area contributed by atoms with Gasteiger partial charge in [0.25, 0.3) is 5.91 Å². The molecule has 0 aromatic heterocycles. The average Bonchev–Trinajstić information content (AvgIpc) is 2.71. The van der Waals surface area contributed by atoms with E-state index >= 15 is 0 Å². The zero-order valence-electron chi connectivity index (χ0n) is 17.0. The Bertz CT molecular complexity index is 584. The number of aryl methyl sites for hydroxylation is 1. The fourth-order valence-electron chi connectivity index (χ4n) is 3.76. The van der Waals surface area contributed by atoms with Crippen LogP contribution in [0.3, 0.4) is 0 Å². The summed E-state index contributed by atoms with van der Waals surface area (Å²) in [5.74, 6) is 0.451. The Morgan fingerprint density at radius 3 is 2.36 bits per heavy atom. The molecule has 0 radical (unpaired) electrons. The number of carbonyl (C=O) groups excluding carboxylic acids is 2. The number of ether oxygens (including phenoxy) is 1. The van der Waals surface area contributed by atoms with Gasteiger partial charge in [-0.3, -0.25) is 9.59 Å². The van der Waals surface area contributed by atoms with E-state index in [2.05, 4.69) is 17.4 Å². The minimum absolute atomic E-state index is 0. The topological polar surface area (TPSA) is 81.4 Å². The van der Waals surface area contributed by atoms with Gasteiger partial charge in [-0.15, -0.1) is 12.4 Å². The fourth-order valence-corrected chi connectivity index (χ4v) is 3.76. The number of carbonyl (C=O) groups is 2. The van der Waals surface area contributed by atoms with E-state index in [9.17, 15) is 9.59 Å². The average molecular weight is 411 g/mol. The van der Waals surface area contributed by atoms with E-state index in [4.69, 9.17) is 10.5 Å². The lowest BCUT2D eigenvalue weighted by Gasteiger charge is -2.29. The summed E-state index contributed by atoms with van der Waals surface area (Å²) >= 11 is 0. The summed E-state index contributed by atoms with van der Waals surface area (Å²) in [6.07, 6.45) is 9.88. The third-order valence-corrected chi connectivity index (χ3v) is 5.55. The molecule has 158 valence electrons. The van der Waals surface area contributed by atoms with Crippen LogP contribution in [-0.2, 0) is 16.0 Å². The number of nitrogens with two attached hydrogens (primary N) is 1. The van der Waals surface area contributed by atoms with E-state index in [-0.39, 0.29) is 30.3 Å². The smallest absolute Gasteiger partial charge is 0.305 e. The molecule has 1 aliphatic rings. The van der Waals surface area contributed by atoms with Crippen molar-refractivity contribution in [1.29, 1.82) is 0 Å². The van der Waals surface area contributed by atoms with Crippen LogP contribution in [0.2, 0.25) is 0 Å². The zero-order valence-corrected chi connectivity index (χ0v) is 17.8. The van der Waals surface area contributed by atoms with Crippen molar-refractivity contribution in [3.8, 4) is 0 Å². The fraction of sp³-hybridized carbons (Fsp3) is 0.636. The highest BCUT2D eigenvalue weighted by Gasteiger charge is 2.23. The van der Waals surface area contributed by atoms with E-state index in [0.29, 0.717) is 12.3 Å². The van der Waals surface area contributed by atoms with E-state index in [1.165, 1.54) is 12.7 Å². The highest BCUT2D eigenvalue weighted by molar-refractivity contribution is 5.94. The summed E-state index contributed by atoms with van der Waals surface area (Å²) in [7, 11) is 1.43. The van der Waals surface area contributed by atoms with Crippen molar-refractivity contribution in [2.24, 2.45) is 11.7 Å². The van der Waals surface area contributed by atoms with Gasteiger partial charge in [0, 0.05) is 18.0 Å². The summed E-state index contributed by atoms with van der Waals surface area (Å²) in [4.78, 5) is 23.7. The summed E-state index contributed by atoms with van der Waals surface area (Å²) in [6, 6.07) is 8.20. The minimum atomic E-state index is -0.131. The zero-order chi connectivity index (χ0) is 19.5. The third-order valence-electron chi connectivity index (χ3n) is 5.55. The molecule has 1 saturated carbocycles. The van der Waals surface area contributed by atoms with Gasteiger partial charge in [-0.25, -0.2) is 0 Å². The third kappa shape index (κ3) is 8.61. The molecule has 0 heterocycles. The molecule has 1 fully saturated rings. The van der Waals surface area contributed by atoms with Crippen LogP contribution in [0.5, 0.6) is 0 Å². The molecule has 0 atom stereocenters. The molecule has 0 spiro atoms. The number of amides is 1. The van der Waals surface area contributed by atoms with Crippen LogP contribution in [0.4, 0.5) is 0 Å². The Kier molecular flexibility index (Phi) is 11.8. The number of unbranched alkanes of at least 4 members (excludes halogenated alkanes) is 2. The number of halogens is 1. The van der Waals surface area contributed by atoms with Gasteiger partial charge in [0.05, 0.1) is 7.11 Å². The van der Waals surface area contributed by atoms with Crippen molar-refractivity contribution >= 4 is 24.3 Å². The number of hydrogen-bond donors (Lipinski definition) is 2. The molecule has 1 aromatic rings. The Morgan fingerprint density at radius 2 is 1.75 bits per heavy atom. The van der Waals surface area contributed by atoms with E-state index in [0.717, 1.165) is 69.9 Å². The van der Waals surface area contributed by atoms with Gasteiger partial charge in [0.15, 0.2) is 0 Å². The van der Waals surface area contributed by atoms with Crippen molar-refractivity contribution in [2.75, 3.05) is 13.7 Å². The van der Waals surface area contributed by atoms with E-state index < -0.39 is 0 Å². The molecule has 0 aliphatic heterocycles. The predicted octanol–water partition coefficient (Wildman–Crippen LogP) is 4.02. The lowest BCUT2D eigenvalue weighted by Crippen LogP contribution is -2.37. The SMILES string of the molecule is COC(=O)CCC1CCC(NC(=O)c2ccc(CCCCCN)cc2)CC1.Cl. The van der Waals surface area contributed by atoms with Crippen LogP contribution >= 0.6 is 12.4 Å². The molecule has 5 nitrogen and oxygen atoms in total. The monoisotopic (exact) mass is 410 g/mol. The van der Waals surface area contributed by atoms with Crippen molar-refractivity contribution in [3.05, 3.63) is 35.4 Å². The molecule has 1 amide bonds. The second-order valence-electron chi connectivity index (χ2n) is 7.60. The molecule has 6 heteroatoms. The Hall–Kier alpha value is -1.59. The number of benzene rings is 1. The standard InChI is InChI=1S/C22H34N2O3.ClH/c1-27-21(25)15-10-18-8-13-20(14-9-18)24-22(26)19-11-6-17(7-12-19)5-3-2-4-16-23;/h6-7,11-12,18,20H,2-5,8-10,13-16,23H2,1H3,(H,24,26);1H. The maximum atomic E-state index is 12.5. The van der Waals surface area contributed by atoms with Crippen LogP contribution in [0.25, 0.3) is 0 Å². The Morgan fingerprint density at radius 1 is 1.07 bits per heavy atom. The predicted molar refractivity (Wildman–Crippen MR) is 115 cm³/mol. The van der Waals surface area contributed by atoms with Gasteiger partial charge >= 0.3 is 5.97 Å². The maximum Gasteiger partial charge on any atom is 0.305 e. The second-order valence-corrected chi connectivity index (χ2v) is 7.60. The van der Waals surface area contributed by atoms with Gasteiger partial charge in [0.2, 0.25) is 0 Å². The number of methoxy groups -OCH3 is 1. The van der Waals surface area contributed by atoms with Crippen LogP contribution in [0.15, 0.2) is 24.3 Å². The highest BCUT2D eigenvalue weighted by Crippen LogP contribution is 2.28. The van der Waals surface area contributed by atoms with Crippen LogP contribution in [0, 0.1) is 5.92 Å². The molecular weight excluding hydrogens is 376 g/mol. The van der Waals surface area contributed by atoms with Crippen LogP contribution in [0.1, 0.15) is 73.7 Å². The van der Waals surface area contributed by atoms with E-state index in [1.54, 1.807) is 0 Å². The Labute approximate surface area is 175 Å². The van der Waals surface area contributed by atoms with E-state index in [1.807, 2.05) is 12.1 Å². The molecule has 2 rings (SSSR count). The second kappa shape index (κ2) is 13.6. The molecule has 28 heavy (non-hydrogen) atoms.